The summed E-state index contributed by atoms with van der Waals surface area (Å²) in [6, 6.07) is 1.98. The Kier molecular flexibility index (Phi) is 2.40. The fraction of sp³-hybridized carbons (Fsp3) is 0.286. The molecule has 0 aliphatic rings. The van der Waals surface area contributed by atoms with Gasteiger partial charge < -0.3 is 5.73 Å². The highest BCUT2D eigenvalue weighted by Crippen LogP contribution is 2.19. The van der Waals surface area contributed by atoms with Crippen LogP contribution in [0.2, 0.25) is 0 Å². The van der Waals surface area contributed by atoms with E-state index in [0.717, 1.165) is 10.0 Å². The van der Waals surface area contributed by atoms with Crippen LogP contribution < -0.4 is 5.73 Å². The van der Waals surface area contributed by atoms with E-state index in [0.29, 0.717) is 0 Å². The third-order valence-corrected chi connectivity index (χ3v) is 1.96. The Morgan fingerprint density at radius 3 is 2.80 bits per heavy atom. The van der Waals surface area contributed by atoms with Gasteiger partial charge in [0.15, 0.2) is 0 Å². The molecule has 10 heavy (non-hydrogen) atoms. The summed E-state index contributed by atoms with van der Waals surface area (Å²) >= 11 is 3.35. The molecule has 0 aromatic carbocycles. The smallest absolute Gasteiger partial charge is 0.0413 e. The minimum absolute atomic E-state index is 0.0670. The van der Waals surface area contributed by atoms with Crippen LogP contribution in [0.1, 0.15) is 18.5 Å². The number of hydrogen-bond donors (Lipinski definition) is 1. The first-order valence-corrected chi connectivity index (χ1v) is 3.86. The Morgan fingerprint density at radius 1 is 1.70 bits per heavy atom. The fourth-order valence-corrected chi connectivity index (χ4v) is 1.37. The summed E-state index contributed by atoms with van der Waals surface area (Å²) in [6.07, 6.45) is 3.49. The van der Waals surface area contributed by atoms with Gasteiger partial charge in [-0.25, -0.2) is 0 Å². The van der Waals surface area contributed by atoms with E-state index >= 15 is 0 Å². The van der Waals surface area contributed by atoms with E-state index in [1.807, 2.05) is 13.0 Å². The van der Waals surface area contributed by atoms with Gasteiger partial charge in [0.25, 0.3) is 0 Å². The maximum atomic E-state index is 5.66. The summed E-state index contributed by atoms with van der Waals surface area (Å²) in [5.41, 5.74) is 6.75. The number of halogens is 1. The van der Waals surface area contributed by atoms with Crippen molar-refractivity contribution in [1.82, 2.24) is 4.98 Å². The molecule has 0 aliphatic heterocycles. The first-order chi connectivity index (χ1) is 4.72. The van der Waals surface area contributed by atoms with Gasteiger partial charge in [-0.15, -0.1) is 0 Å². The normalized spacial score (nSPS) is 13.1. The first-order valence-electron chi connectivity index (χ1n) is 3.07. The van der Waals surface area contributed by atoms with E-state index in [1.165, 1.54) is 0 Å². The summed E-state index contributed by atoms with van der Waals surface area (Å²) < 4.78 is 0.977. The van der Waals surface area contributed by atoms with Crippen molar-refractivity contribution >= 4 is 15.9 Å². The average Bonchev–Trinajstić information content (AvgIpc) is 1.88. The van der Waals surface area contributed by atoms with E-state index in [4.69, 9.17) is 5.73 Å². The van der Waals surface area contributed by atoms with Gasteiger partial charge in [-0.05, 0) is 34.5 Å². The molecule has 0 saturated carbocycles. The number of hydrogen-bond acceptors (Lipinski definition) is 2. The molecular formula is C7H9BrN2. The Labute approximate surface area is 68.6 Å². The van der Waals surface area contributed by atoms with Gasteiger partial charge in [0, 0.05) is 22.9 Å². The van der Waals surface area contributed by atoms with Crippen molar-refractivity contribution in [3.63, 3.8) is 0 Å². The minimum Gasteiger partial charge on any atom is -0.324 e. The third kappa shape index (κ3) is 1.55. The van der Waals surface area contributed by atoms with E-state index in [-0.39, 0.29) is 6.04 Å². The molecular weight excluding hydrogens is 192 g/mol. The molecule has 3 heteroatoms. The maximum absolute atomic E-state index is 5.66. The molecule has 2 N–H and O–H groups in total. The highest BCUT2D eigenvalue weighted by atomic mass is 79.9. The third-order valence-electron chi connectivity index (χ3n) is 1.29. The average molecular weight is 201 g/mol. The van der Waals surface area contributed by atoms with Crippen LogP contribution in [-0.4, -0.2) is 4.98 Å². The monoisotopic (exact) mass is 200 g/mol. The molecule has 0 spiro atoms. The molecule has 1 atom stereocenters. The molecule has 1 rings (SSSR count). The lowest BCUT2D eigenvalue weighted by molar-refractivity contribution is 0.810. The van der Waals surface area contributed by atoms with Crippen LogP contribution in [0.5, 0.6) is 0 Å². The highest BCUT2D eigenvalue weighted by molar-refractivity contribution is 9.10. The maximum Gasteiger partial charge on any atom is 0.0413 e. The lowest BCUT2D eigenvalue weighted by Gasteiger charge is -2.05. The van der Waals surface area contributed by atoms with E-state index in [9.17, 15) is 0 Å². The van der Waals surface area contributed by atoms with Gasteiger partial charge in [-0.1, -0.05) is 0 Å². The molecule has 1 aromatic heterocycles. The second kappa shape index (κ2) is 3.12. The Morgan fingerprint density at radius 2 is 2.40 bits per heavy atom. The standard InChI is InChI=1S/C7H9BrN2/c1-5(9)6-2-3-10-4-7(6)8/h2-5H,9H2,1H3/t5-/m1/s1. The van der Waals surface area contributed by atoms with E-state index in [1.54, 1.807) is 12.4 Å². The van der Waals surface area contributed by atoms with E-state index in [2.05, 4.69) is 20.9 Å². The van der Waals surface area contributed by atoms with Crippen molar-refractivity contribution < 1.29 is 0 Å². The SMILES string of the molecule is C[C@@H](N)c1ccncc1Br. The molecule has 0 amide bonds. The second-order valence-corrected chi connectivity index (χ2v) is 3.04. The zero-order valence-electron chi connectivity index (χ0n) is 5.71. The van der Waals surface area contributed by atoms with Gasteiger partial charge in [0.1, 0.15) is 0 Å². The minimum atomic E-state index is 0.0670. The summed E-state index contributed by atoms with van der Waals surface area (Å²) in [6.45, 7) is 1.94. The number of pyridine rings is 1. The van der Waals surface area contributed by atoms with Crippen molar-refractivity contribution in [3.8, 4) is 0 Å². The summed E-state index contributed by atoms with van der Waals surface area (Å²) in [4.78, 5) is 3.92. The molecule has 2 nitrogen and oxygen atoms in total. The van der Waals surface area contributed by atoms with Crippen LogP contribution in [-0.2, 0) is 0 Å². The van der Waals surface area contributed by atoms with Crippen LogP contribution >= 0.6 is 15.9 Å². The Bertz CT molecular complexity index is 223. The van der Waals surface area contributed by atoms with Crippen LogP contribution in [0.15, 0.2) is 22.9 Å². The molecule has 0 bridgehead atoms. The zero-order valence-corrected chi connectivity index (χ0v) is 7.30. The lowest BCUT2D eigenvalue weighted by atomic mass is 10.1. The molecule has 1 aromatic rings. The van der Waals surface area contributed by atoms with Crippen molar-refractivity contribution in [3.05, 3.63) is 28.5 Å². The summed E-state index contributed by atoms with van der Waals surface area (Å²) in [7, 11) is 0. The molecule has 0 aliphatic carbocycles. The van der Waals surface area contributed by atoms with Crippen LogP contribution in [0.25, 0.3) is 0 Å². The largest absolute Gasteiger partial charge is 0.324 e. The predicted octanol–water partition coefficient (Wildman–Crippen LogP) is 1.86. The second-order valence-electron chi connectivity index (χ2n) is 2.19. The quantitative estimate of drug-likeness (QED) is 0.753. The predicted molar refractivity (Wildman–Crippen MR) is 44.5 cm³/mol. The molecule has 0 saturated heterocycles. The molecule has 0 radical (unpaired) electrons. The van der Waals surface area contributed by atoms with Gasteiger partial charge in [0.05, 0.1) is 0 Å². The zero-order chi connectivity index (χ0) is 7.56. The number of aromatic nitrogens is 1. The fourth-order valence-electron chi connectivity index (χ4n) is 0.755. The Hall–Kier alpha value is -0.410. The van der Waals surface area contributed by atoms with Crippen molar-refractivity contribution in [2.45, 2.75) is 13.0 Å². The van der Waals surface area contributed by atoms with Gasteiger partial charge in [-0.3, -0.25) is 4.98 Å². The van der Waals surface area contributed by atoms with Gasteiger partial charge in [0.2, 0.25) is 0 Å². The molecule has 1 heterocycles. The molecule has 0 fully saturated rings. The first kappa shape index (κ1) is 7.69. The lowest BCUT2D eigenvalue weighted by Crippen LogP contribution is -2.05. The van der Waals surface area contributed by atoms with Gasteiger partial charge in [-0.2, -0.15) is 0 Å². The van der Waals surface area contributed by atoms with Crippen molar-refractivity contribution in [1.29, 1.82) is 0 Å². The van der Waals surface area contributed by atoms with Crippen molar-refractivity contribution in [2.75, 3.05) is 0 Å². The van der Waals surface area contributed by atoms with Crippen LogP contribution in [0.4, 0.5) is 0 Å². The van der Waals surface area contributed by atoms with Gasteiger partial charge >= 0.3 is 0 Å². The molecule has 0 unspecified atom stereocenters. The van der Waals surface area contributed by atoms with Crippen LogP contribution in [0.3, 0.4) is 0 Å². The molecule has 54 valence electrons. The van der Waals surface area contributed by atoms with Crippen LogP contribution in [0, 0.1) is 0 Å². The van der Waals surface area contributed by atoms with Crippen molar-refractivity contribution in [2.24, 2.45) is 5.73 Å². The highest BCUT2D eigenvalue weighted by Gasteiger charge is 2.01. The van der Waals surface area contributed by atoms with E-state index < -0.39 is 0 Å². The topological polar surface area (TPSA) is 38.9 Å². The number of rotatable bonds is 1. The Balaban J connectivity index is 3.03. The summed E-state index contributed by atoms with van der Waals surface area (Å²) in [5.74, 6) is 0. The summed E-state index contributed by atoms with van der Waals surface area (Å²) in [5, 5.41) is 0. The number of nitrogens with two attached hydrogens (primary N) is 1. The number of nitrogens with zero attached hydrogens (tertiary/aromatic N) is 1.